The second-order valence-corrected chi connectivity index (χ2v) is 3.75. The molecule has 18 heavy (non-hydrogen) atoms. The van der Waals surface area contributed by atoms with E-state index in [1.54, 1.807) is 25.1 Å². The third-order valence-electron chi connectivity index (χ3n) is 2.42. The van der Waals surface area contributed by atoms with Gasteiger partial charge in [-0.3, -0.25) is 4.79 Å². The topological polar surface area (TPSA) is 76.1 Å². The van der Waals surface area contributed by atoms with E-state index in [0.29, 0.717) is 11.4 Å². The van der Waals surface area contributed by atoms with Gasteiger partial charge in [-0.25, -0.2) is 4.79 Å². The zero-order valence-corrected chi connectivity index (χ0v) is 10.7. The van der Waals surface area contributed by atoms with E-state index in [1.807, 2.05) is 0 Å². The quantitative estimate of drug-likeness (QED) is 0.624. The Balaban J connectivity index is 3.44. The number of benzene rings is 1. The average Bonchev–Trinajstić information content (AvgIpc) is 2.35. The van der Waals surface area contributed by atoms with Crippen molar-refractivity contribution in [3.8, 4) is 11.5 Å². The molecule has 0 aliphatic heterocycles. The number of carboxylic acids is 1. The van der Waals surface area contributed by atoms with Gasteiger partial charge in [0, 0.05) is 20.2 Å². The first-order chi connectivity index (χ1) is 8.42. The van der Waals surface area contributed by atoms with Crippen molar-refractivity contribution in [3.63, 3.8) is 0 Å². The van der Waals surface area contributed by atoms with Crippen molar-refractivity contribution >= 4 is 17.4 Å². The van der Waals surface area contributed by atoms with E-state index in [0.717, 1.165) is 0 Å². The Bertz CT molecular complexity index is 482. The largest absolute Gasteiger partial charge is 0.496 e. The first-order valence-corrected chi connectivity index (χ1v) is 5.13. The van der Waals surface area contributed by atoms with Gasteiger partial charge in [-0.15, -0.1) is 0 Å². The molecule has 0 heterocycles. The summed E-state index contributed by atoms with van der Waals surface area (Å²) < 4.78 is 10.2. The number of hydrogen-bond donors (Lipinski definition) is 1. The van der Waals surface area contributed by atoms with Crippen LogP contribution in [0.25, 0.3) is 0 Å². The van der Waals surface area contributed by atoms with Crippen LogP contribution in [0, 0.1) is 0 Å². The lowest BCUT2D eigenvalue weighted by Gasteiger charge is -2.19. The fourth-order valence-corrected chi connectivity index (χ4v) is 1.52. The number of rotatable bonds is 5. The van der Waals surface area contributed by atoms with Gasteiger partial charge in [-0.2, -0.15) is 0 Å². The molecule has 1 aromatic carbocycles. The molecule has 0 saturated carbocycles. The molecule has 1 N–H and O–H groups in total. The Kier molecular flexibility index (Phi) is 4.14. The zero-order valence-electron chi connectivity index (χ0n) is 10.7. The summed E-state index contributed by atoms with van der Waals surface area (Å²) in [5, 5.41) is 8.74. The van der Waals surface area contributed by atoms with Crippen LogP contribution in [0.2, 0.25) is 0 Å². The number of ketones is 1. The van der Waals surface area contributed by atoms with Crippen molar-refractivity contribution in [2.45, 2.75) is 0 Å². The highest BCUT2D eigenvalue weighted by Gasteiger charge is 2.22. The lowest BCUT2D eigenvalue weighted by Crippen LogP contribution is -2.16. The summed E-state index contributed by atoms with van der Waals surface area (Å²) in [5.74, 6) is -1.96. The minimum Gasteiger partial charge on any atom is -0.496 e. The second kappa shape index (κ2) is 5.39. The first kappa shape index (κ1) is 13.8. The Morgan fingerprint density at radius 1 is 1.11 bits per heavy atom. The van der Waals surface area contributed by atoms with E-state index in [4.69, 9.17) is 14.6 Å². The number of hydrogen-bond acceptors (Lipinski definition) is 5. The van der Waals surface area contributed by atoms with E-state index in [2.05, 4.69) is 0 Å². The normalized spacial score (nSPS) is 9.78. The summed E-state index contributed by atoms with van der Waals surface area (Å²) in [7, 11) is 6.43. The van der Waals surface area contributed by atoms with Crippen molar-refractivity contribution in [3.05, 3.63) is 17.7 Å². The molecule has 6 heteroatoms. The van der Waals surface area contributed by atoms with Crippen LogP contribution < -0.4 is 14.4 Å². The van der Waals surface area contributed by atoms with E-state index >= 15 is 0 Å². The highest BCUT2D eigenvalue weighted by atomic mass is 16.5. The molecule has 0 bridgehead atoms. The minimum atomic E-state index is -1.53. The lowest BCUT2D eigenvalue weighted by atomic mass is 10.1. The molecule has 0 radical (unpaired) electrons. The molecule has 0 aliphatic carbocycles. The Morgan fingerprint density at radius 2 is 1.67 bits per heavy atom. The maximum absolute atomic E-state index is 11.5. The molecule has 0 atom stereocenters. The van der Waals surface area contributed by atoms with Gasteiger partial charge in [-0.05, 0) is 6.07 Å². The number of carbonyl (C=O) groups excluding carboxylic acids is 1. The molecule has 0 aliphatic rings. The van der Waals surface area contributed by atoms with Crippen molar-refractivity contribution in [2.24, 2.45) is 0 Å². The highest BCUT2D eigenvalue weighted by Crippen LogP contribution is 2.34. The van der Waals surface area contributed by atoms with Gasteiger partial charge in [0.2, 0.25) is 0 Å². The van der Waals surface area contributed by atoms with Crippen LogP contribution in [0.4, 0.5) is 5.69 Å². The molecule has 0 saturated heterocycles. The summed E-state index contributed by atoms with van der Waals surface area (Å²) in [4.78, 5) is 24.0. The predicted molar refractivity (Wildman–Crippen MR) is 65.8 cm³/mol. The fourth-order valence-electron chi connectivity index (χ4n) is 1.52. The summed E-state index contributed by atoms with van der Waals surface area (Å²) in [5.41, 5.74) is 0.656. The molecule has 0 spiro atoms. The van der Waals surface area contributed by atoms with Crippen LogP contribution >= 0.6 is 0 Å². The molecule has 0 amide bonds. The number of aliphatic carboxylic acids is 1. The Hall–Kier alpha value is -2.24. The number of methoxy groups -OCH3 is 2. The van der Waals surface area contributed by atoms with Crippen LogP contribution in [-0.4, -0.2) is 45.2 Å². The van der Waals surface area contributed by atoms with Crippen molar-refractivity contribution < 1.29 is 24.2 Å². The molecular weight excluding hydrogens is 238 g/mol. The van der Waals surface area contributed by atoms with Crippen molar-refractivity contribution in [2.75, 3.05) is 33.2 Å². The number of anilines is 1. The van der Waals surface area contributed by atoms with Crippen molar-refractivity contribution in [1.82, 2.24) is 0 Å². The molecule has 6 nitrogen and oxygen atoms in total. The molecule has 0 aromatic heterocycles. The zero-order chi connectivity index (χ0) is 13.9. The Morgan fingerprint density at radius 3 is 2.06 bits per heavy atom. The SMILES string of the molecule is COc1cc(N(C)C)c(OC)cc1C(=O)C(=O)O. The third-order valence-corrected chi connectivity index (χ3v) is 2.42. The van der Waals surface area contributed by atoms with Gasteiger partial charge in [0.1, 0.15) is 11.5 Å². The van der Waals surface area contributed by atoms with Crippen LogP contribution in [0.5, 0.6) is 11.5 Å². The van der Waals surface area contributed by atoms with E-state index in [1.165, 1.54) is 20.3 Å². The molecule has 0 unspecified atom stereocenters. The third kappa shape index (κ3) is 2.53. The summed E-state index contributed by atoms with van der Waals surface area (Å²) in [6.45, 7) is 0. The summed E-state index contributed by atoms with van der Waals surface area (Å²) in [6, 6.07) is 2.93. The standard InChI is InChI=1S/C12H15NO5/c1-13(2)8-6-9(17-3)7(5-10(8)18-4)11(14)12(15)16/h5-6H,1-4H3,(H,15,16). The van der Waals surface area contributed by atoms with E-state index in [9.17, 15) is 9.59 Å². The minimum absolute atomic E-state index is 0.0348. The number of carboxylic acid groups (broad SMARTS) is 1. The maximum atomic E-state index is 11.5. The number of nitrogens with zero attached hydrogens (tertiary/aromatic N) is 1. The van der Waals surface area contributed by atoms with E-state index < -0.39 is 11.8 Å². The summed E-state index contributed by atoms with van der Waals surface area (Å²) >= 11 is 0. The van der Waals surface area contributed by atoms with Crippen LogP contribution in [0.15, 0.2) is 12.1 Å². The molecule has 0 fully saturated rings. The smallest absolute Gasteiger partial charge is 0.377 e. The molecule has 98 valence electrons. The monoisotopic (exact) mass is 253 g/mol. The molecular formula is C12H15NO5. The number of Topliss-reactive ketones (excluding diaryl/α,β-unsaturated/α-hetero) is 1. The molecule has 1 rings (SSSR count). The second-order valence-electron chi connectivity index (χ2n) is 3.75. The van der Waals surface area contributed by atoms with Crippen molar-refractivity contribution in [1.29, 1.82) is 0 Å². The van der Waals surface area contributed by atoms with Gasteiger partial charge in [0.25, 0.3) is 5.78 Å². The highest BCUT2D eigenvalue weighted by molar-refractivity contribution is 6.40. The summed E-state index contributed by atoms with van der Waals surface area (Å²) in [6.07, 6.45) is 0. The van der Waals surface area contributed by atoms with Crippen LogP contribution in [0.1, 0.15) is 10.4 Å². The van der Waals surface area contributed by atoms with Crippen LogP contribution in [0.3, 0.4) is 0 Å². The van der Waals surface area contributed by atoms with Gasteiger partial charge in [0.15, 0.2) is 0 Å². The van der Waals surface area contributed by atoms with Gasteiger partial charge in [-0.1, -0.05) is 0 Å². The fraction of sp³-hybridized carbons (Fsp3) is 0.333. The number of ether oxygens (including phenoxy) is 2. The maximum Gasteiger partial charge on any atom is 0.377 e. The van der Waals surface area contributed by atoms with Crippen LogP contribution in [-0.2, 0) is 4.79 Å². The predicted octanol–water partition coefficient (Wildman–Crippen LogP) is 1.04. The van der Waals surface area contributed by atoms with E-state index in [-0.39, 0.29) is 11.3 Å². The van der Waals surface area contributed by atoms with Gasteiger partial charge in [0.05, 0.1) is 25.5 Å². The number of carbonyl (C=O) groups is 2. The van der Waals surface area contributed by atoms with Gasteiger partial charge < -0.3 is 19.5 Å². The lowest BCUT2D eigenvalue weighted by molar-refractivity contribution is -0.131. The Labute approximate surface area is 105 Å². The molecule has 1 aromatic rings. The van der Waals surface area contributed by atoms with Gasteiger partial charge >= 0.3 is 5.97 Å². The first-order valence-electron chi connectivity index (χ1n) is 5.13. The average molecular weight is 253 g/mol.